The topological polar surface area (TPSA) is 24.3 Å². The first-order chi connectivity index (χ1) is 10.6. The van der Waals surface area contributed by atoms with Crippen LogP contribution in [0.25, 0.3) is 0 Å². The normalized spacial score (nSPS) is 16.2. The van der Waals surface area contributed by atoms with Gasteiger partial charge < -0.3 is 4.57 Å². The highest BCUT2D eigenvalue weighted by Crippen LogP contribution is 2.16. The molecule has 0 saturated carbocycles. The fourth-order valence-corrected chi connectivity index (χ4v) is 3.56. The molecule has 0 N–H and O–H groups in total. The number of rotatable bonds is 5. The lowest BCUT2D eigenvalue weighted by atomic mass is 10.3. The Morgan fingerprint density at radius 1 is 1.32 bits per heavy atom. The lowest BCUT2D eigenvalue weighted by molar-refractivity contribution is 0.252. The van der Waals surface area contributed by atoms with Crippen molar-refractivity contribution in [3.05, 3.63) is 40.1 Å². The molecule has 1 aliphatic rings. The maximum absolute atomic E-state index is 4.67. The summed E-state index contributed by atoms with van der Waals surface area (Å²) in [6, 6.07) is 2.80. The zero-order chi connectivity index (χ0) is 15.5. The first-order valence-corrected chi connectivity index (χ1v) is 9.04. The summed E-state index contributed by atoms with van der Waals surface area (Å²) in [6.07, 6.45) is 3.12. The van der Waals surface area contributed by atoms with Crippen LogP contribution in [0.4, 0.5) is 0 Å². The molecule has 5 heteroatoms. The van der Waals surface area contributed by atoms with Crippen molar-refractivity contribution in [2.75, 3.05) is 20.1 Å². The van der Waals surface area contributed by atoms with Crippen LogP contribution in [-0.2, 0) is 26.1 Å². The highest BCUT2D eigenvalue weighted by atomic mass is 32.1. The Bertz CT molecular complexity index is 588. The fraction of sp³-hybridized carbons (Fsp3) is 0.588. The molecule has 3 rings (SSSR count). The molecule has 0 atom stereocenters. The summed E-state index contributed by atoms with van der Waals surface area (Å²) >= 11 is 1.78. The van der Waals surface area contributed by atoms with Crippen molar-refractivity contribution < 1.29 is 0 Å². The van der Waals surface area contributed by atoms with E-state index in [1.54, 1.807) is 11.3 Å². The van der Waals surface area contributed by atoms with Crippen molar-refractivity contribution in [1.82, 2.24) is 19.4 Å². The third-order valence-corrected chi connectivity index (χ3v) is 5.32. The van der Waals surface area contributed by atoms with Gasteiger partial charge in [0.05, 0.1) is 5.69 Å². The Morgan fingerprint density at radius 3 is 2.91 bits per heavy atom. The number of fused-ring (bicyclic) bond motifs is 1. The van der Waals surface area contributed by atoms with Crippen LogP contribution >= 0.6 is 11.3 Å². The molecule has 0 radical (unpaired) electrons. The van der Waals surface area contributed by atoms with E-state index in [1.165, 1.54) is 17.1 Å². The predicted molar refractivity (Wildman–Crippen MR) is 92.1 cm³/mol. The monoisotopic (exact) mass is 318 g/mol. The Morgan fingerprint density at radius 2 is 2.18 bits per heavy atom. The van der Waals surface area contributed by atoms with Gasteiger partial charge >= 0.3 is 0 Å². The highest BCUT2D eigenvalue weighted by Gasteiger charge is 2.18. The van der Waals surface area contributed by atoms with Crippen LogP contribution in [-0.4, -0.2) is 45.5 Å². The third kappa shape index (κ3) is 3.59. The Labute approximate surface area is 137 Å². The molecule has 0 amide bonds. The summed E-state index contributed by atoms with van der Waals surface area (Å²) in [5.41, 5.74) is 2.79. The van der Waals surface area contributed by atoms with Gasteiger partial charge in [0.2, 0.25) is 0 Å². The minimum Gasteiger partial charge on any atom is -0.329 e. The Hall–Kier alpha value is -1.17. The lowest BCUT2D eigenvalue weighted by Gasteiger charge is -2.22. The van der Waals surface area contributed by atoms with E-state index in [0.717, 1.165) is 39.1 Å². The average molecular weight is 318 g/mol. The van der Waals surface area contributed by atoms with E-state index in [4.69, 9.17) is 0 Å². The number of imidazole rings is 1. The van der Waals surface area contributed by atoms with E-state index >= 15 is 0 Å². The smallest absolute Gasteiger partial charge is 0.110 e. The van der Waals surface area contributed by atoms with Gasteiger partial charge in [0.25, 0.3) is 0 Å². The summed E-state index contributed by atoms with van der Waals surface area (Å²) in [7, 11) is 2.18. The molecular formula is C17H26N4S. The van der Waals surface area contributed by atoms with Crippen molar-refractivity contribution in [3.63, 3.8) is 0 Å². The van der Waals surface area contributed by atoms with Gasteiger partial charge in [-0.2, -0.15) is 11.3 Å². The largest absolute Gasteiger partial charge is 0.329 e. The van der Waals surface area contributed by atoms with Crippen molar-refractivity contribution in [3.8, 4) is 0 Å². The summed E-state index contributed by atoms with van der Waals surface area (Å²) in [5, 5.41) is 4.42. The van der Waals surface area contributed by atoms with Gasteiger partial charge in [0.15, 0.2) is 0 Å². The molecule has 3 heterocycles. The SMILES string of the molecule is CC(C)N(C)Cc1cnc2n1CCN(Cc1ccsc1)CC2. The number of aromatic nitrogens is 2. The zero-order valence-corrected chi connectivity index (χ0v) is 14.6. The van der Waals surface area contributed by atoms with Gasteiger partial charge in [-0.3, -0.25) is 9.80 Å². The van der Waals surface area contributed by atoms with E-state index in [0.29, 0.717) is 6.04 Å². The number of nitrogens with zero attached hydrogens (tertiary/aromatic N) is 4. The highest BCUT2D eigenvalue weighted by molar-refractivity contribution is 7.07. The molecule has 4 nitrogen and oxygen atoms in total. The van der Waals surface area contributed by atoms with Crippen molar-refractivity contribution >= 4 is 11.3 Å². The molecular weight excluding hydrogens is 292 g/mol. The van der Waals surface area contributed by atoms with Crippen LogP contribution in [0.3, 0.4) is 0 Å². The second-order valence-corrected chi connectivity index (χ2v) is 7.26. The van der Waals surface area contributed by atoms with Crippen LogP contribution in [0, 0.1) is 0 Å². The molecule has 2 aromatic rings. The predicted octanol–water partition coefficient (Wildman–Crippen LogP) is 2.84. The number of hydrogen-bond donors (Lipinski definition) is 0. The number of thiophene rings is 1. The van der Waals surface area contributed by atoms with Crippen molar-refractivity contribution in [2.24, 2.45) is 0 Å². The average Bonchev–Trinajstić information content (AvgIpc) is 3.07. The maximum atomic E-state index is 4.67. The minimum absolute atomic E-state index is 0.562. The molecule has 22 heavy (non-hydrogen) atoms. The molecule has 0 spiro atoms. The van der Waals surface area contributed by atoms with Crippen LogP contribution < -0.4 is 0 Å². The molecule has 1 aliphatic heterocycles. The van der Waals surface area contributed by atoms with Gasteiger partial charge in [0.1, 0.15) is 5.82 Å². The molecule has 0 aromatic carbocycles. The van der Waals surface area contributed by atoms with Gasteiger partial charge in [-0.1, -0.05) is 0 Å². The van der Waals surface area contributed by atoms with Crippen LogP contribution in [0.15, 0.2) is 23.0 Å². The number of hydrogen-bond acceptors (Lipinski definition) is 4. The molecule has 0 saturated heterocycles. The quantitative estimate of drug-likeness (QED) is 0.847. The standard InChI is InChI=1S/C17H26N4S/c1-14(2)19(3)12-16-10-18-17-4-6-20(7-8-21(16)17)11-15-5-9-22-13-15/h5,9-10,13-14H,4,6-8,11-12H2,1-3H3. The van der Waals surface area contributed by atoms with Crippen LogP contribution in [0.5, 0.6) is 0 Å². The summed E-state index contributed by atoms with van der Waals surface area (Å²) < 4.78 is 2.44. The van der Waals surface area contributed by atoms with Crippen LogP contribution in [0.2, 0.25) is 0 Å². The molecule has 120 valence electrons. The lowest BCUT2D eigenvalue weighted by Crippen LogP contribution is -2.28. The Balaban J connectivity index is 1.65. The molecule has 0 bridgehead atoms. The van der Waals surface area contributed by atoms with E-state index in [2.05, 4.69) is 63.3 Å². The molecule has 0 unspecified atom stereocenters. The van der Waals surface area contributed by atoms with Gasteiger partial charge in [-0.15, -0.1) is 0 Å². The molecule has 2 aromatic heterocycles. The minimum atomic E-state index is 0.562. The van der Waals surface area contributed by atoms with Gasteiger partial charge in [0, 0.05) is 51.4 Å². The fourth-order valence-electron chi connectivity index (χ4n) is 2.90. The Kier molecular flexibility index (Phi) is 4.96. The van der Waals surface area contributed by atoms with Gasteiger partial charge in [-0.05, 0) is 43.3 Å². The van der Waals surface area contributed by atoms with Crippen molar-refractivity contribution in [2.45, 2.75) is 45.9 Å². The summed E-state index contributed by atoms with van der Waals surface area (Å²) in [6.45, 7) is 9.79. The molecule has 0 aliphatic carbocycles. The van der Waals surface area contributed by atoms with Crippen LogP contribution in [0.1, 0.15) is 30.9 Å². The maximum Gasteiger partial charge on any atom is 0.110 e. The van der Waals surface area contributed by atoms with E-state index in [9.17, 15) is 0 Å². The first-order valence-electron chi connectivity index (χ1n) is 8.10. The van der Waals surface area contributed by atoms with E-state index < -0.39 is 0 Å². The third-order valence-electron chi connectivity index (χ3n) is 4.59. The summed E-state index contributed by atoms with van der Waals surface area (Å²) in [5.74, 6) is 1.25. The zero-order valence-electron chi connectivity index (χ0n) is 13.8. The summed E-state index contributed by atoms with van der Waals surface area (Å²) in [4.78, 5) is 9.59. The second-order valence-electron chi connectivity index (χ2n) is 6.48. The van der Waals surface area contributed by atoms with E-state index in [-0.39, 0.29) is 0 Å². The van der Waals surface area contributed by atoms with E-state index in [1.807, 2.05) is 0 Å². The first kappa shape index (κ1) is 15.7. The second kappa shape index (κ2) is 6.94. The van der Waals surface area contributed by atoms with Gasteiger partial charge in [-0.25, -0.2) is 4.98 Å². The molecule has 0 fully saturated rings. The van der Waals surface area contributed by atoms with Crippen molar-refractivity contribution in [1.29, 1.82) is 0 Å².